The Morgan fingerprint density at radius 2 is 1.93 bits per heavy atom. The molecule has 162 valence electrons. The molecule has 2 fully saturated rings. The van der Waals surface area contributed by atoms with Crippen molar-refractivity contribution in [1.29, 1.82) is 0 Å². The summed E-state index contributed by atoms with van der Waals surface area (Å²) >= 11 is 0. The topological polar surface area (TPSA) is 97.1 Å². The van der Waals surface area contributed by atoms with Gasteiger partial charge in [-0.1, -0.05) is 19.8 Å². The summed E-state index contributed by atoms with van der Waals surface area (Å²) in [5.41, 5.74) is 7.16. The van der Waals surface area contributed by atoms with Crippen molar-refractivity contribution in [2.75, 3.05) is 5.32 Å². The maximum absolute atomic E-state index is 12.1. The number of nitrogens with two attached hydrogens (primary N) is 1. The minimum atomic E-state index is -4.27. The third-order valence-electron chi connectivity index (χ3n) is 5.43. The third kappa shape index (κ3) is 7.30. The van der Waals surface area contributed by atoms with Crippen LogP contribution in [0.15, 0.2) is 18.3 Å². The lowest BCUT2D eigenvalue weighted by molar-refractivity contribution is -0.154. The van der Waals surface area contributed by atoms with Crippen molar-refractivity contribution >= 4 is 17.6 Å². The Hall–Kier alpha value is -2.16. The molecular formula is C20H29F3N4O2. The van der Waals surface area contributed by atoms with E-state index in [1.165, 1.54) is 12.8 Å². The Bertz CT molecular complexity index is 703. The van der Waals surface area contributed by atoms with E-state index in [9.17, 15) is 22.8 Å². The van der Waals surface area contributed by atoms with Crippen molar-refractivity contribution < 1.29 is 22.8 Å². The van der Waals surface area contributed by atoms with Crippen molar-refractivity contribution in [2.45, 2.75) is 70.6 Å². The number of carbonyl (C=O) groups excluding carboxylic acids is 2. The number of hydrogen-bond donors (Lipinski definition) is 3. The van der Waals surface area contributed by atoms with Gasteiger partial charge in [-0.2, -0.15) is 13.2 Å². The molecule has 1 aromatic heterocycles. The summed E-state index contributed by atoms with van der Waals surface area (Å²) in [7, 11) is 0. The van der Waals surface area contributed by atoms with Gasteiger partial charge in [-0.3, -0.25) is 9.59 Å². The van der Waals surface area contributed by atoms with Gasteiger partial charge in [-0.05, 0) is 55.7 Å². The van der Waals surface area contributed by atoms with Crippen LogP contribution in [0.25, 0.3) is 0 Å². The number of halogens is 3. The van der Waals surface area contributed by atoms with E-state index >= 15 is 0 Å². The Labute approximate surface area is 168 Å². The Balaban J connectivity index is 0.000000253. The van der Waals surface area contributed by atoms with Gasteiger partial charge in [-0.15, -0.1) is 0 Å². The fraction of sp³-hybridized carbons (Fsp3) is 0.650. The van der Waals surface area contributed by atoms with Gasteiger partial charge in [0, 0.05) is 12.6 Å². The third-order valence-corrected chi connectivity index (χ3v) is 5.43. The average molecular weight is 414 g/mol. The van der Waals surface area contributed by atoms with Crippen LogP contribution < -0.4 is 16.4 Å². The summed E-state index contributed by atoms with van der Waals surface area (Å²) < 4.78 is 35.2. The van der Waals surface area contributed by atoms with Crippen molar-refractivity contribution in [3.8, 4) is 0 Å². The van der Waals surface area contributed by atoms with Gasteiger partial charge in [0.05, 0.1) is 6.04 Å². The normalized spacial score (nSPS) is 25.4. The SMILES string of the molecule is Cc1ccnc(NC(=O)[C@@H](N)C2CCC(C)CC2)c1.O=C1CCC(C(F)(F)F)N1. The van der Waals surface area contributed by atoms with Crippen LogP contribution in [0.5, 0.6) is 0 Å². The van der Waals surface area contributed by atoms with Crippen molar-refractivity contribution in [3.63, 3.8) is 0 Å². The maximum Gasteiger partial charge on any atom is 0.408 e. The van der Waals surface area contributed by atoms with E-state index in [0.29, 0.717) is 11.7 Å². The summed E-state index contributed by atoms with van der Waals surface area (Å²) in [6.07, 6.45) is 1.74. The first-order valence-electron chi connectivity index (χ1n) is 9.91. The molecule has 1 unspecified atom stereocenters. The molecule has 1 aromatic rings. The first kappa shape index (κ1) is 23.1. The Kier molecular flexibility index (Phi) is 8.01. The molecule has 2 heterocycles. The van der Waals surface area contributed by atoms with Crippen LogP contribution in [0.2, 0.25) is 0 Å². The van der Waals surface area contributed by atoms with Gasteiger partial charge in [0.1, 0.15) is 11.9 Å². The summed E-state index contributed by atoms with van der Waals surface area (Å²) in [6, 6.07) is 1.72. The van der Waals surface area contributed by atoms with Crippen molar-refractivity contribution in [3.05, 3.63) is 23.9 Å². The van der Waals surface area contributed by atoms with Crippen molar-refractivity contribution in [1.82, 2.24) is 10.3 Å². The van der Waals surface area contributed by atoms with E-state index in [1.54, 1.807) is 6.20 Å². The van der Waals surface area contributed by atoms with Gasteiger partial charge in [0.25, 0.3) is 0 Å². The second-order valence-corrected chi connectivity index (χ2v) is 7.95. The van der Waals surface area contributed by atoms with E-state index in [4.69, 9.17) is 5.73 Å². The van der Waals surface area contributed by atoms with Crippen LogP contribution in [-0.2, 0) is 9.59 Å². The lowest BCUT2D eigenvalue weighted by Gasteiger charge is -2.29. The zero-order valence-corrected chi connectivity index (χ0v) is 16.8. The molecule has 3 rings (SSSR count). The largest absolute Gasteiger partial charge is 0.408 e. The first-order chi connectivity index (χ1) is 13.6. The molecule has 0 spiro atoms. The average Bonchev–Trinajstić information content (AvgIpc) is 3.09. The van der Waals surface area contributed by atoms with E-state index in [2.05, 4.69) is 17.2 Å². The second kappa shape index (κ2) is 10.0. The predicted octanol–water partition coefficient (Wildman–Crippen LogP) is 3.31. The van der Waals surface area contributed by atoms with Gasteiger partial charge < -0.3 is 16.4 Å². The van der Waals surface area contributed by atoms with E-state index in [0.717, 1.165) is 24.3 Å². The van der Waals surface area contributed by atoms with Crippen LogP contribution in [0.3, 0.4) is 0 Å². The summed E-state index contributed by atoms with van der Waals surface area (Å²) in [5, 5.41) is 4.65. The number of rotatable bonds is 3. The molecule has 1 saturated heterocycles. The molecule has 1 aliphatic carbocycles. The Morgan fingerprint density at radius 1 is 1.28 bits per heavy atom. The lowest BCUT2D eigenvalue weighted by atomic mass is 9.79. The predicted molar refractivity (Wildman–Crippen MR) is 104 cm³/mol. The number of carbonyl (C=O) groups is 2. The quantitative estimate of drug-likeness (QED) is 0.707. The lowest BCUT2D eigenvalue weighted by Crippen LogP contribution is -2.43. The van der Waals surface area contributed by atoms with Gasteiger partial charge >= 0.3 is 6.18 Å². The van der Waals surface area contributed by atoms with Gasteiger partial charge in [0.2, 0.25) is 11.8 Å². The molecule has 1 saturated carbocycles. The van der Waals surface area contributed by atoms with E-state index in [1.807, 2.05) is 24.4 Å². The fourth-order valence-electron chi connectivity index (χ4n) is 3.53. The molecule has 2 atom stereocenters. The van der Waals surface area contributed by atoms with E-state index < -0.39 is 24.2 Å². The highest BCUT2D eigenvalue weighted by molar-refractivity contribution is 5.94. The first-order valence-corrected chi connectivity index (χ1v) is 9.91. The molecule has 1 aliphatic heterocycles. The van der Waals surface area contributed by atoms with Crippen molar-refractivity contribution in [2.24, 2.45) is 17.6 Å². The molecule has 4 N–H and O–H groups in total. The second-order valence-electron chi connectivity index (χ2n) is 7.95. The number of pyridine rings is 1. The number of anilines is 1. The van der Waals surface area contributed by atoms with Crippen LogP contribution in [-0.4, -0.2) is 35.1 Å². The molecule has 2 aliphatic rings. The minimum absolute atomic E-state index is 0.00975. The highest BCUT2D eigenvalue weighted by atomic mass is 19.4. The highest BCUT2D eigenvalue weighted by Gasteiger charge is 2.43. The molecule has 6 nitrogen and oxygen atoms in total. The molecule has 0 radical (unpaired) electrons. The number of alkyl halides is 3. The maximum atomic E-state index is 12.1. The standard InChI is InChI=1S/C15H23N3O.C5H6F3NO/c1-10-3-5-12(6-4-10)14(16)15(19)18-13-9-11(2)7-8-17-13;6-5(7,8)3-1-2-4(10)9-3/h7-10,12,14H,3-6,16H2,1-2H3,(H,17,18,19);3H,1-2H2,(H,9,10)/t10?,12?,14-;/m0./s1. The van der Waals surface area contributed by atoms with Gasteiger partial charge in [-0.25, -0.2) is 4.98 Å². The number of amides is 2. The van der Waals surface area contributed by atoms with E-state index in [-0.39, 0.29) is 18.7 Å². The number of hydrogen-bond acceptors (Lipinski definition) is 4. The summed E-state index contributed by atoms with van der Waals surface area (Å²) in [5.74, 6) is 1.04. The Morgan fingerprint density at radius 3 is 2.41 bits per heavy atom. The van der Waals surface area contributed by atoms with Crippen LogP contribution >= 0.6 is 0 Å². The summed E-state index contributed by atoms with van der Waals surface area (Å²) in [6.45, 7) is 4.23. The zero-order valence-electron chi connectivity index (χ0n) is 16.8. The fourth-order valence-corrected chi connectivity index (χ4v) is 3.53. The molecule has 29 heavy (non-hydrogen) atoms. The minimum Gasteiger partial charge on any atom is -0.344 e. The molecule has 9 heteroatoms. The number of nitrogens with zero attached hydrogens (tertiary/aromatic N) is 1. The molecule has 0 bridgehead atoms. The highest BCUT2D eigenvalue weighted by Crippen LogP contribution is 2.30. The van der Waals surface area contributed by atoms with Crippen LogP contribution in [0.4, 0.5) is 19.0 Å². The number of nitrogens with one attached hydrogen (secondary N) is 2. The molecular weight excluding hydrogens is 385 g/mol. The number of aryl methyl sites for hydroxylation is 1. The molecule has 2 amide bonds. The summed E-state index contributed by atoms with van der Waals surface area (Å²) in [4.78, 5) is 26.5. The zero-order chi connectivity index (χ0) is 21.6. The van der Waals surface area contributed by atoms with Crippen LogP contribution in [0, 0.1) is 18.8 Å². The monoisotopic (exact) mass is 414 g/mol. The number of aromatic nitrogens is 1. The smallest absolute Gasteiger partial charge is 0.344 e. The molecule has 0 aromatic carbocycles. The van der Waals surface area contributed by atoms with Gasteiger partial charge in [0.15, 0.2) is 0 Å². The van der Waals surface area contributed by atoms with Crippen LogP contribution in [0.1, 0.15) is 51.0 Å².